The van der Waals surface area contributed by atoms with Crippen LogP contribution in [0.25, 0.3) is 5.73 Å². The molecule has 0 radical (unpaired) electrons. The zero-order valence-corrected chi connectivity index (χ0v) is 8.50. The van der Waals surface area contributed by atoms with Gasteiger partial charge in [0.15, 0.2) is 0 Å². The van der Waals surface area contributed by atoms with Gasteiger partial charge in [-0.3, -0.25) is 4.90 Å². The molecule has 76 valence electrons. The average molecular weight is 189 g/mol. The highest BCUT2D eigenvalue weighted by Crippen LogP contribution is 2.15. The van der Waals surface area contributed by atoms with Crippen molar-refractivity contribution in [3.63, 3.8) is 0 Å². The van der Waals surface area contributed by atoms with Gasteiger partial charge in [-0.25, -0.2) is 0 Å². The van der Waals surface area contributed by atoms with Gasteiger partial charge in [-0.1, -0.05) is 30.7 Å². The molecule has 2 heteroatoms. The van der Waals surface area contributed by atoms with Crippen LogP contribution in [0.2, 0.25) is 0 Å². The second-order valence-electron chi connectivity index (χ2n) is 4.03. The van der Waals surface area contributed by atoms with Gasteiger partial charge in [0.25, 0.3) is 0 Å². The fourth-order valence-corrected chi connectivity index (χ4v) is 1.99. The van der Waals surface area contributed by atoms with Crippen LogP contribution in [0, 0.1) is 0 Å². The lowest BCUT2D eigenvalue weighted by Gasteiger charge is -2.26. The summed E-state index contributed by atoms with van der Waals surface area (Å²) in [6.07, 6.45) is 4.08. The molecule has 1 heterocycles. The highest BCUT2D eigenvalue weighted by atomic mass is 15.1. The molecule has 1 fully saturated rings. The maximum atomic E-state index is 7.40. The van der Waals surface area contributed by atoms with Crippen molar-refractivity contribution in [1.29, 1.82) is 0 Å². The number of rotatable bonds is 2. The highest BCUT2D eigenvalue weighted by molar-refractivity contribution is 5.43. The Morgan fingerprint density at radius 3 is 2.29 bits per heavy atom. The quantitative estimate of drug-likeness (QED) is 0.700. The first kappa shape index (κ1) is 9.53. The summed E-state index contributed by atoms with van der Waals surface area (Å²) in [7, 11) is 0. The van der Waals surface area contributed by atoms with Crippen LogP contribution in [0.3, 0.4) is 0 Å². The first-order valence-electron chi connectivity index (χ1n) is 5.37. The SMILES string of the molecule is [NH-]c1ccc(CN2CCCCC2)cc1. The topological polar surface area (TPSA) is 27.0 Å². The van der Waals surface area contributed by atoms with E-state index in [1.807, 2.05) is 12.1 Å². The molecule has 2 nitrogen and oxygen atoms in total. The van der Waals surface area contributed by atoms with Crippen LogP contribution in [-0.2, 0) is 6.54 Å². The van der Waals surface area contributed by atoms with E-state index in [-0.39, 0.29) is 0 Å². The predicted molar refractivity (Wildman–Crippen MR) is 59.6 cm³/mol. The van der Waals surface area contributed by atoms with Crippen LogP contribution in [-0.4, -0.2) is 18.0 Å². The average Bonchev–Trinajstić information content (AvgIpc) is 2.23. The Balaban J connectivity index is 1.92. The van der Waals surface area contributed by atoms with E-state index in [4.69, 9.17) is 5.73 Å². The Bertz CT molecular complexity index is 273. The zero-order valence-electron chi connectivity index (χ0n) is 8.50. The number of hydrogen-bond acceptors (Lipinski definition) is 1. The van der Waals surface area contributed by atoms with Crippen LogP contribution in [0.4, 0.5) is 5.69 Å². The van der Waals surface area contributed by atoms with Crippen LogP contribution in [0.15, 0.2) is 24.3 Å². The van der Waals surface area contributed by atoms with Gasteiger partial charge in [0.1, 0.15) is 0 Å². The third-order valence-electron chi connectivity index (χ3n) is 2.81. The van der Waals surface area contributed by atoms with Gasteiger partial charge < -0.3 is 5.73 Å². The maximum absolute atomic E-state index is 7.40. The minimum Gasteiger partial charge on any atom is -0.699 e. The van der Waals surface area contributed by atoms with Crippen molar-refractivity contribution in [2.75, 3.05) is 13.1 Å². The Hall–Kier alpha value is -1.02. The largest absolute Gasteiger partial charge is 0.699 e. The number of likely N-dealkylation sites (tertiary alicyclic amines) is 1. The Morgan fingerprint density at radius 2 is 1.64 bits per heavy atom. The van der Waals surface area contributed by atoms with Gasteiger partial charge >= 0.3 is 0 Å². The van der Waals surface area contributed by atoms with Crippen molar-refractivity contribution in [2.45, 2.75) is 25.8 Å². The molecule has 14 heavy (non-hydrogen) atoms. The zero-order chi connectivity index (χ0) is 9.80. The first-order chi connectivity index (χ1) is 6.84. The van der Waals surface area contributed by atoms with Crippen molar-refractivity contribution < 1.29 is 0 Å². The van der Waals surface area contributed by atoms with Crippen molar-refractivity contribution in [2.24, 2.45) is 0 Å². The number of nitrogens with zero attached hydrogens (tertiary/aromatic N) is 1. The van der Waals surface area contributed by atoms with Crippen molar-refractivity contribution in [1.82, 2.24) is 4.90 Å². The van der Waals surface area contributed by atoms with Crippen molar-refractivity contribution in [3.8, 4) is 0 Å². The Labute approximate surface area is 85.7 Å². The molecule has 1 aromatic carbocycles. The van der Waals surface area contributed by atoms with Crippen LogP contribution in [0.1, 0.15) is 24.8 Å². The molecule has 0 atom stereocenters. The van der Waals surface area contributed by atoms with Crippen LogP contribution < -0.4 is 0 Å². The van der Waals surface area contributed by atoms with E-state index >= 15 is 0 Å². The van der Waals surface area contributed by atoms with Gasteiger partial charge in [-0.15, -0.1) is 5.69 Å². The normalized spacial score (nSPS) is 18.3. The summed E-state index contributed by atoms with van der Waals surface area (Å²) < 4.78 is 0. The van der Waals surface area contributed by atoms with Crippen LogP contribution >= 0.6 is 0 Å². The number of benzene rings is 1. The van der Waals surface area contributed by atoms with Gasteiger partial charge in [0.2, 0.25) is 0 Å². The van der Waals surface area contributed by atoms with Gasteiger partial charge in [-0.2, -0.15) is 0 Å². The third-order valence-corrected chi connectivity index (χ3v) is 2.81. The molecule has 0 saturated carbocycles. The lowest BCUT2D eigenvalue weighted by Crippen LogP contribution is -2.28. The van der Waals surface area contributed by atoms with E-state index in [0.29, 0.717) is 5.69 Å². The van der Waals surface area contributed by atoms with Gasteiger partial charge in [0, 0.05) is 6.54 Å². The molecule has 0 spiro atoms. The predicted octanol–water partition coefficient (Wildman–Crippen LogP) is 3.36. The monoisotopic (exact) mass is 189 g/mol. The Kier molecular flexibility index (Phi) is 3.04. The maximum Gasteiger partial charge on any atom is 0.0233 e. The minimum atomic E-state index is 0.604. The molecular weight excluding hydrogens is 172 g/mol. The van der Waals surface area contributed by atoms with E-state index in [0.717, 1.165) is 6.54 Å². The molecule has 0 aromatic heterocycles. The van der Waals surface area contributed by atoms with E-state index < -0.39 is 0 Å². The summed E-state index contributed by atoms with van der Waals surface area (Å²) >= 11 is 0. The van der Waals surface area contributed by atoms with E-state index in [1.54, 1.807) is 0 Å². The molecule has 0 amide bonds. The lowest BCUT2D eigenvalue weighted by molar-refractivity contribution is 0.221. The molecule has 0 bridgehead atoms. The fourth-order valence-electron chi connectivity index (χ4n) is 1.99. The fraction of sp³-hybridized carbons (Fsp3) is 0.500. The highest BCUT2D eigenvalue weighted by Gasteiger charge is 2.09. The molecule has 1 aliphatic heterocycles. The summed E-state index contributed by atoms with van der Waals surface area (Å²) in [5, 5.41) is 0. The second-order valence-corrected chi connectivity index (χ2v) is 4.03. The van der Waals surface area contributed by atoms with E-state index in [2.05, 4.69) is 17.0 Å². The number of nitrogens with one attached hydrogen (secondary N) is 1. The summed E-state index contributed by atoms with van der Waals surface area (Å²) in [5.74, 6) is 0. The standard InChI is InChI=1S/C12H17N2/c13-12-6-4-11(5-7-12)10-14-8-2-1-3-9-14/h4-7,13H,1-3,8-10H2/q-1. The Morgan fingerprint density at radius 1 is 1.00 bits per heavy atom. The molecule has 1 N–H and O–H groups in total. The molecule has 1 saturated heterocycles. The summed E-state index contributed by atoms with van der Waals surface area (Å²) in [6, 6.07) is 7.88. The molecule has 0 unspecified atom stereocenters. The van der Waals surface area contributed by atoms with E-state index in [1.165, 1.54) is 37.9 Å². The summed E-state index contributed by atoms with van der Waals surface area (Å²) in [4.78, 5) is 2.50. The first-order valence-corrected chi connectivity index (χ1v) is 5.37. The minimum absolute atomic E-state index is 0.604. The summed E-state index contributed by atoms with van der Waals surface area (Å²) in [6.45, 7) is 3.53. The molecule has 1 aromatic rings. The molecule has 1 aliphatic rings. The number of piperidine rings is 1. The molecular formula is C12H17N2-. The van der Waals surface area contributed by atoms with Crippen molar-refractivity contribution in [3.05, 3.63) is 35.6 Å². The van der Waals surface area contributed by atoms with Gasteiger partial charge in [-0.05, 0) is 31.5 Å². The molecule has 0 aliphatic carbocycles. The third kappa shape index (κ3) is 2.48. The smallest absolute Gasteiger partial charge is 0.0233 e. The lowest BCUT2D eigenvalue weighted by atomic mass is 10.1. The van der Waals surface area contributed by atoms with Crippen molar-refractivity contribution >= 4 is 5.69 Å². The van der Waals surface area contributed by atoms with Gasteiger partial charge in [0.05, 0.1) is 0 Å². The van der Waals surface area contributed by atoms with E-state index in [9.17, 15) is 0 Å². The second kappa shape index (κ2) is 4.47. The number of hydrogen-bond donors (Lipinski definition) is 0. The van der Waals surface area contributed by atoms with Crippen LogP contribution in [0.5, 0.6) is 0 Å². The summed E-state index contributed by atoms with van der Waals surface area (Å²) in [5.41, 5.74) is 9.34. The molecule has 2 rings (SSSR count).